The van der Waals surface area contributed by atoms with Crippen LogP contribution in [-0.2, 0) is 20.6 Å². The van der Waals surface area contributed by atoms with Crippen molar-refractivity contribution in [3.8, 4) is 0 Å². The molecule has 0 aromatic carbocycles. The summed E-state index contributed by atoms with van der Waals surface area (Å²) in [7, 11) is -3.42. The molecule has 1 aromatic rings. The van der Waals surface area contributed by atoms with Crippen LogP contribution in [0.25, 0.3) is 0 Å². The molecule has 108 valence electrons. The van der Waals surface area contributed by atoms with E-state index < -0.39 is 10.0 Å². The number of nitrogens with zero attached hydrogens (tertiary/aromatic N) is 1. The first-order valence-corrected chi connectivity index (χ1v) is 9.05. The Hall–Kier alpha value is -0.140. The van der Waals surface area contributed by atoms with Crippen LogP contribution in [0.5, 0.6) is 0 Å². The maximum absolute atomic E-state index is 12.6. The van der Waals surface area contributed by atoms with Gasteiger partial charge in [0.1, 0.15) is 0 Å². The van der Waals surface area contributed by atoms with Crippen LogP contribution in [0.4, 0.5) is 0 Å². The average Bonchev–Trinajstić information content (AvgIpc) is 2.81. The molecule has 0 radical (unpaired) electrons. The van der Waals surface area contributed by atoms with E-state index in [9.17, 15) is 8.42 Å². The molecule has 1 aromatic heterocycles. The van der Waals surface area contributed by atoms with Crippen LogP contribution in [0.15, 0.2) is 11.0 Å². The lowest BCUT2D eigenvalue weighted by Gasteiger charge is -2.31. The van der Waals surface area contributed by atoms with Gasteiger partial charge in [-0.2, -0.15) is 4.31 Å². The standard InChI is InChI=1S/C12H18ClNO3S2/c1-3-10-8-14(4-5-17-10)19(15,16)12-6-11(7-13)18-9(12)2/h6,10H,3-5,7-8H2,1-2H3. The maximum atomic E-state index is 12.6. The summed E-state index contributed by atoms with van der Waals surface area (Å²) in [6, 6.07) is 1.69. The van der Waals surface area contributed by atoms with E-state index in [1.165, 1.54) is 15.6 Å². The van der Waals surface area contributed by atoms with Crippen molar-refractivity contribution in [2.24, 2.45) is 0 Å². The van der Waals surface area contributed by atoms with E-state index in [0.29, 0.717) is 30.5 Å². The van der Waals surface area contributed by atoms with Gasteiger partial charge >= 0.3 is 0 Å². The predicted octanol–water partition coefficient (Wildman–Crippen LogP) is 2.59. The molecule has 0 amide bonds. The first kappa shape index (κ1) is 15.3. The fourth-order valence-corrected chi connectivity index (χ4v) is 5.29. The highest BCUT2D eigenvalue weighted by atomic mass is 35.5. The van der Waals surface area contributed by atoms with Gasteiger partial charge < -0.3 is 4.74 Å². The van der Waals surface area contributed by atoms with E-state index in [-0.39, 0.29) is 6.10 Å². The second-order valence-electron chi connectivity index (χ2n) is 4.53. The number of alkyl halides is 1. The number of sulfonamides is 1. The zero-order valence-corrected chi connectivity index (χ0v) is 13.4. The van der Waals surface area contributed by atoms with Crippen molar-refractivity contribution < 1.29 is 13.2 Å². The molecule has 19 heavy (non-hydrogen) atoms. The molecule has 1 unspecified atom stereocenters. The molecule has 7 heteroatoms. The first-order chi connectivity index (χ1) is 8.98. The fourth-order valence-electron chi connectivity index (χ4n) is 2.14. The third kappa shape index (κ3) is 3.13. The minimum Gasteiger partial charge on any atom is -0.375 e. The van der Waals surface area contributed by atoms with Gasteiger partial charge in [0.2, 0.25) is 10.0 Å². The van der Waals surface area contributed by atoms with E-state index in [0.717, 1.165) is 16.2 Å². The van der Waals surface area contributed by atoms with Gasteiger partial charge in [-0.05, 0) is 19.4 Å². The fraction of sp³-hybridized carbons (Fsp3) is 0.667. The third-order valence-electron chi connectivity index (χ3n) is 3.23. The molecule has 1 atom stereocenters. The van der Waals surface area contributed by atoms with Crippen molar-refractivity contribution in [1.82, 2.24) is 4.31 Å². The molecule has 0 aliphatic carbocycles. The number of rotatable bonds is 4. The summed E-state index contributed by atoms with van der Waals surface area (Å²) in [5.74, 6) is 0.349. The lowest BCUT2D eigenvalue weighted by atomic mass is 10.2. The van der Waals surface area contributed by atoms with Crippen molar-refractivity contribution in [2.75, 3.05) is 19.7 Å². The van der Waals surface area contributed by atoms with Crippen LogP contribution in [0.1, 0.15) is 23.1 Å². The molecule has 0 N–H and O–H groups in total. The number of ether oxygens (including phenoxy) is 1. The Bertz CT molecular complexity index is 541. The molecule has 0 saturated carbocycles. The molecule has 1 fully saturated rings. The Morgan fingerprint density at radius 2 is 2.32 bits per heavy atom. The summed E-state index contributed by atoms with van der Waals surface area (Å²) in [4.78, 5) is 2.08. The van der Waals surface area contributed by atoms with E-state index in [4.69, 9.17) is 16.3 Å². The van der Waals surface area contributed by atoms with Crippen molar-refractivity contribution in [2.45, 2.75) is 37.1 Å². The normalized spacial score (nSPS) is 21.7. The second-order valence-corrected chi connectivity index (χ2v) is 8.05. The minimum absolute atomic E-state index is 0.00466. The number of thiophene rings is 1. The molecule has 1 aliphatic heterocycles. The van der Waals surface area contributed by atoms with Crippen LogP contribution in [0.2, 0.25) is 0 Å². The number of morpholine rings is 1. The number of hydrogen-bond acceptors (Lipinski definition) is 4. The van der Waals surface area contributed by atoms with Crippen LogP contribution >= 0.6 is 22.9 Å². The molecule has 2 heterocycles. The summed E-state index contributed by atoms with van der Waals surface area (Å²) < 4.78 is 32.3. The lowest BCUT2D eigenvalue weighted by Crippen LogP contribution is -2.45. The molecule has 1 aliphatic rings. The third-order valence-corrected chi connectivity index (χ3v) is 6.85. The van der Waals surface area contributed by atoms with Gasteiger partial charge in [-0.25, -0.2) is 8.42 Å². The summed E-state index contributed by atoms with van der Waals surface area (Å²) >= 11 is 7.22. The van der Waals surface area contributed by atoms with Crippen LogP contribution < -0.4 is 0 Å². The van der Waals surface area contributed by atoms with Gasteiger partial charge in [-0.3, -0.25) is 0 Å². The van der Waals surface area contributed by atoms with Crippen molar-refractivity contribution in [3.63, 3.8) is 0 Å². The van der Waals surface area contributed by atoms with Gasteiger partial charge in [0.15, 0.2) is 0 Å². The van der Waals surface area contributed by atoms with Crippen molar-refractivity contribution in [1.29, 1.82) is 0 Å². The number of hydrogen-bond donors (Lipinski definition) is 0. The van der Waals surface area contributed by atoms with E-state index in [1.807, 2.05) is 13.8 Å². The monoisotopic (exact) mass is 323 g/mol. The SMILES string of the molecule is CCC1CN(S(=O)(=O)c2cc(CCl)sc2C)CCO1. The van der Waals surface area contributed by atoms with Gasteiger partial charge in [0.25, 0.3) is 0 Å². The topological polar surface area (TPSA) is 46.6 Å². The van der Waals surface area contributed by atoms with Gasteiger partial charge in [0.05, 0.1) is 23.5 Å². The molecular formula is C12H18ClNO3S2. The lowest BCUT2D eigenvalue weighted by molar-refractivity contribution is -0.00278. The molecular weight excluding hydrogens is 306 g/mol. The molecule has 2 rings (SSSR count). The van der Waals surface area contributed by atoms with Crippen molar-refractivity contribution in [3.05, 3.63) is 15.8 Å². The minimum atomic E-state index is -3.42. The van der Waals surface area contributed by atoms with Crippen LogP contribution in [0.3, 0.4) is 0 Å². The Labute approximate surface area is 123 Å². The first-order valence-electron chi connectivity index (χ1n) is 6.26. The average molecular weight is 324 g/mol. The van der Waals surface area contributed by atoms with E-state index >= 15 is 0 Å². The predicted molar refractivity (Wildman–Crippen MR) is 77.4 cm³/mol. The molecule has 1 saturated heterocycles. The summed E-state index contributed by atoms with van der Waals surface area (Å²) in [5, 5.41) is 0. The van der Waals surface area contributed by atoms with Gasteiger partial charge in [-0.1, -0.05) is 6.92 Å². The summed E-state index contributed by atoms with van der Waals surface area (Å²) in [6.07, 6.45) is 0.816. The quantitative estimate of drug-likeness (QED) is 0.800. The highest BCUT2D eigenvalue weighted by Gasteiger charge is 2.32. The zero-order valence-electron chi connectivity index (χ0n) is 11.1. The van der Waals surface area contributed by atoms with E-state index in [1.54, 1.807) is 6.07 Å². The van der Waals surface area contributed by atoms with Gasteiger partial charge in [-0.15, -0.1) is 22.9 Å². The Kier molecular flexibility index (Phi) is 4.89. The van der Waals surface area contributed by atoms with Crippen molar-refractivity contribution >= 4 is 33.0 Å². The van der Waals surface area contributed by atoms with Gasteiger partial charge in [0, 0.05) is 22.8 Å². The summed E-state index contributed by atoms with van der Waals surface area (Å²) in [6.45, 7) is 5.14. The number of halogens is 1. The highest BCUT2D eigenvalue weighted by Crippen LogP contribution is 2.30. The Balaban J connectivity index is 2.28. The summed E-state index contributed by atoms with van der Waals surface area (Å²) in [5.41, 5.74) is 0. The molecule has 4 nitrogen and oxygen atoms in total. The largest absolute Gasteiger partial charge is 0.375 e. The molecule has 0 bridgehead atoms. The molecule has 0 spiro atoms. The Morgan fingerprint density at radius 3 is 2.89 bits per heavy atom. The Morgan fingerprint density at radius 1 is 1.58 bits per heavy atom. The number of aryl methyl sites for hydroxylation is 1. The maximum Gasteiger partial charge on any atom is 0.244 e. The van der Waals surface area contributed by atoms with Crippen LogP contribution in [0, 0.1) is 6.92 Å². The zero-order chi connectivity index (χ0) is 14.0. The second kappa shape index (κ2) is 6.10. The highest BCUT2D eigenvalue weighted by molar-refractivity contribution is 7.89. The van der Waals surface area contributed by atoms with Crippen LogP contribution in [-0.4, -0.2) is 38.5 Å². The van der Waals surface area contributed by atoms with E-state index in [2.05, 4.69) is 0 Å². The smallest absolute Gasteiger partial charge is 0.244 e.